The van der Waals surface area contributed by atoms with Crippen LogP contribution in [-0.4, -0.2) is 37.8 Å². The molecule has 2 aromatic carbocycles. The molecule has 3 rings (SSSR count). The third kappa shape index (κ3) is 4.90. The highest BCUT2D eigenvalue weighted by Gasteiger charge is 2.31. The van der Waals surface area contributed by atoms with E-state index in [9.17, 15) is 19.8 Å². The van der Waals surface area contributed by atoms with Gasteiger partial charge in [-0.3, -0.25) is 14.5 Å². The van der Waals surface area contributed by atoms with E-state index in [-0.39, 0.29) is 29.7 Å². The second kappa shape index (κ2) is 8.90. The predicted octanol–water partition coefficient (Wildman–Crippen LogP) is 3.72. The number of nitrogens with one attached hydrogen (secondary N) is 1. The summed E-state index contributed by atoms with van der Waals surface area (Å²) in [5.41, 5.74) is 1.15. The Morgan fingerprint density at radius 2 is 1.93 bits per heavy atom. The largest absolute Gasteiger partial charge is 0.508 e. The van der Waals surface area contributed by atoms with Crippen molar-refractivity contribution in [1.29, 1.82) is 0 Å². The monoisotopic (exact) mass is 414 g/mol. The second-order valence-corrected chi connectivity index (χ2v) is 7.77. The summed E-state index contributed by atoms with van der Waals surface area (Å²) < 4.78 is 0.415. The zero-order valence-electron chi connectivity index (χ0n) is 14.8. The lowest BCUT2D eigenvalue weighted by atomic mass is 10.1. The van der Waals surface area contributed by atoms with Gasteiger partial charge >= 0.3 is 0 Å². The minimum absolute atomic E-state index is 0.0593. The molecule has 1 aliphatic rings. The van der Waals surface area contributed by atoms with E-state index in [2.05, 4.69) is 5.32 Å². The van der Waals surface area contributed by atoms with Crippen LogP contribution in [0.15, 0.2) is 53.4 Å². The zero-order valence-corrected chi connectivity index (χ0v) is 16.4. The van der Waals surface area contributed by atoms with Crippen molar-refractivity contribution in [2.45, 2.75) is 12.8 Å². The van der Waals surface area contributed by atoms with Gasteiger partial charge in [0.2, 0.25) is 5.91 Å². The Labute approximate surface area is 171 Å². The fraction of sp³-hybridized carbons (Fsp3) is 0.150. The van der Waals surface area contributed by atoms with E-state index in [1.807, 2.05) is 30.3 Å². The summed E-state index contributed by atoms with van der Waals surface area (Å²) in [6, 6.07) is 13.3. The average Bonchev–Trinajstić information content (AvgIpc) is 2.92. The number of carbonyl (C=O) groups is 2. The molecule has 0 atom stereocenters. The lowest BCUT2D eigenvalue weighted by Gasteiger charge is -2.14. The van der Waals surface area contributed by atoms with E-state index >= 15 is 0 Å². The Kier molecular flexibility index (Phi) is 6.33. The number of thiocarbonyl (C=S) groups is 1. The van der Waals surface area contributed by atoms with Gasteiger partial charge in [-0.25, -0.2) is 0 Å². The van der Waals surface area contributed by atoms with E-state index in [1.165, 1.54) is 29.2 Å². The highest BCUT2D eigenvalue weighted by Crippen LogP contribution is 2.34. The number of phenols is 2. The molecule has 28 heavy (non-hydrogen) atoms. The minimum atomic E-state index is -0.258. The third-order valence-electron chi connectivity index (χ3n) is 4.02. The first-order chi connectivity index (χ1) is 13.4. The topological polar surface area (TPSA) is 89.9 Å². The molecule has 0 saturated carbocycles. The van der Waals surface area contributed by atoms with Crippen LogP contribution in [0.5, 0.6) is 11.5 Å². The van der Waals surface area contributed by atoms with Crippen LogP contribution in [0, 0.1) is 0 Å². The highest BCUT2D eigenvalue weighted by molar-refractivity contribution is 8.26. The molecule has 0 bridgehead atoms. The van der Waals surface area contributed by atoms with Gasteiger partial charge in [0.25, 0.3) is 5.91 Å². The molecule has 1 fully saturated rings. The number of thioether (sulfide) groups is 1. The summed E-state index contributed by atoms with van der Waals surface area (Å²) in [7, 11) is 0. The Balaban J connectivity index is 1.56. The maximum Gasteiger partial charge on any atom is 0.266 e. The van der Waals surface area contributed by atoms with Gasteiger partial charge in [0.15, 0.2) is 0 Å². The number of para-hydroxylation sites is 1. The molecule has 0 radical (unpaired) electrons. The molecule has 2 aromatic rings. The van der Waals surface area contributed by atoms with Crippen molar-refractivity contribution < 1.29 is 19.8 Å². The average molecular weight is 415 g/mol. The number of benzene rings is 2. The van der Waals surface area contributed by atoms with E-state index < -0.39 is 0 Å². The molecule has 1 aliphatic heterocycles. The zero-order chi connectivity index (χ0) is 20.1. The van der Waals surface area contributed by atoms with Gasteiger partial charge in [-0.2, -0.15) is 0 Å². The predicted molar refractivity (Wildman–Crippen MR) is 114 cm³/mol. The lowest BCUT2D eigenvalue weighted by molar-refractivity contribution is -0.122. The molecule has 6 nitrogen and oxygen atoms in total. The standard InChI is InChI=1S/C20H18N2O4S2/c23-15-9-8-13(16(24)12-15)11-17-19(26)22(20(27)28-17)10-4-7-18(25)21-14-5-2-1-3-6-14/h1-3,5-6,8-9,11-12,23-24H,4,7,10H2,(H,21,25)/b17-11-. The van der Waals surface area contributed by atoms with E-state index in [4.69, 9.17) is 12.2 Å². The fourth-order valence-electron chi connectivity index (χ4n) is 2.63. The second-order valence-electron chi connectivity index (χ2n) is 6.09. The Morgan fingerprint density at radius 3 is 2.64 bits per heavy atom. The summed E-state index contributed by atoms with van der Waals surface area (Å²) in [6.45, 7) is 0.339. The van der Waals surface area contributed by atoms with Crippen molar-refractivity contribution in [2.75, 3.05) is 11.9 Å². The van der Waals surface area contributed by atoms with Gasteiger partial charge in [0.05, 0.1) is 4.91 Å². The highest BCUT2D eigenvalue weighted by atomic mass is 32.2. The summed E-state index contributed by atoms with van der Waals surface area (Å²) in [5, 5.41) is 22.0. The number of carbonyl (C=O) groups excluding carboxylic acids is 2. The number of anilines is 1. The van der Waals surface area contributed by atoms with Crippen LogP contribution < -0.4 is 5.32 Å². The van der Waals surface area contributed by atoms with Gasteiger partial charge in [-0.15, -0.1) is 0 Å². The van der Waals surface area contributed by atoms with Gasteiger partial charge in [0.1, 0.15) is 15.8 Å². The van der Waals surface area contributed by atoms with Crippen LogP contribution in [0.2, 0.25) is 0 Å². The van der Waals surface area contributed by atoms with Gasteiger partial charge < -0.3 is 15.5 Å². The van der Waals surface area contributed by atoms with Crippen molar-refractivity contribution in [1.82, 2.24) is 4.90 Å². The molecule has 0 aromatic heterocycles. The number of aromatic hydroxyl groups is 2. The molecule has 2 amide bonds. The fourth-order valence-corrected chi connectivity index (χ4v) is 3.93. The van der Waals surface area contributed by atoms with E-state index in [1.54, 1.807) is 0 Å². The molecule has 0 spiro atoms. The maximum atomic E-state index is 12.6. The molecular weight excluding hydrogens is 396 g/mol. The van der Waals surface area contributed by atoms with Crippen molar-refractivity contribution >= 4 is 51.9 Å². The number of hydrogen-bond donors (Lipinski definition) is 3. The lowest BCUT2D eigenvalue weighted by Crippen LogP contribution is -2.29. The summed E-state index contributed by atoms with van der Waals surface area (Å²) in [4.78, 5) is 26.4. The number of rotatable bonds is 6. The molecule has 144 valence electrons. The van der Waals surface area contributed by atoms with Crippen LogP contribution in [0.25, 0.3) is 6.08 Å². The number of nitrogens with zero attached hydrogens (tertiary/aromatic N) is 1. The first-order valence-electron chi connectivity index (χ1n) is 8.56. The summed E-state index contributed by atoms with van der Waals surface area (Å²) >= 11 is 6.42. The summed E-state index contributed by atoms with van der Waals surface area (Å²) in [5.74, 6) is -0.564. The molecule has 3 N–H and O–H groups in total. The maximum absolute atomic E-state index is 12.6. The molecule has 8 heteroatoms. The molecular formula is C20H18N2O4S2. The molecule has 0 aliphatic carbocycles. The van der Waals surface area contributed by atoms with Crippen LogP contribution in [-0.2, 0) is 9.59 Å². The Bertz CT molecular complexity index is 944. The van der Waals surface area contributed by atoms with Crippen molar-refractivity contribution in [3.8, 4) is 11.5 Å². The van der Waals surface area contributed by atoms with Crippen molar-refractivity contribution in [3.63, 3.8) is 0 Å². The third-order valence-corrected chi connectivity index (χ3v) is 5.40. The van der Waals surface area contributed by atoms with Crippen LogP contribution in [0.1, 0.15) is 18.4 Å². The van der Waals surface area contributed by atoms with E-state index in [0.717, 1.165) is 17.4 Å². The molecule has 1 heterocycles. The van der Waals surface area contributed by atoms with Gasteiger partial charge in [-0.05, 0) is 36.8 Å². The minimum Gasteiger partial charge on any atom is -0.508 e. The molecule has 1 saturated heterocycles. The van der Waals surface area contributed by atoms with Crippen molar-refractivity contribution in [2.24, 2.45) is 0 Å². The SMILES string of the molecule is O=C(CCCN1C(=O)/C(=C/c2ccc(O)cc2O)SC1=S)Nc1ccccc1. The van der Waals surface area contributed by atoms with Crippen LogP contribution >= 0.6 is 24.0 Å². The normalized spacial score (nSPS) is 15.3. The first kappa shape index (κ1) is 19.9. The number of amides is 2. The number of hydrogen-bond acceptors (Lipinski definition) is 6. The smallest absolute Gasteiger partial charge is 0.266 e. The van der Waals surface area contributed by atoms with Crippen LogP contribution in [0.4, 0.5) is 5.69 Å². The Hall–Kier alpha value is -2.84. The Morgan fingerprint density at radius 1 is 1.18 bits per heavy atom. The summed E-state index contributed by atoms with van der Waals surface area (Å²) in [6.07, 6.45) is 2.28. The quantitative estimate of drug-likeness (QED) is 0.493. The van der Waals surface area contributed by atoms with Crippen LogP contribution in [0.3, 0.4) is 0 Å². The van der Waals surface area contributed by atoms with Gasteiger partial charge in [-0.1, -0.05) is 42.2 Å². The van der Waals surface area contributed by atoms with Gasteiger partial charge in [0, 0.05) is 30.3 Å². The number of phenolic OH excluding ortho intramolecular Hbond substituents is 2. The first-order valence-corrected chi connectivity index (χ1v) is 9.79. The molecule has 0 unspecified atom stereocenters. The van der Waals surface area contributed by atoms with E-state index in [0.29, 0.717) is 27.8 Å². The van der Waals surface area contributed by atoms with Crippen molar-refractivity contribution in [3.05, 3.63) is 59.0 Å².